The van der Waals surface area contributed by atoms with Gasteiger partial charge in [0.25, 0.3) is 11.8 Å². The largest absolute Gasteiger partial charge is 0.457 e. The number of nitrogens with one attached hydrogen (secondary N) is 1. The van der Waals surface area contributed by atoms with Gasteiger partial charge in [-0.1, -0.05) is 29.8 Å². The number of hydrogen-bond donors (Lipinski definition) is 1. The number of halogens is 1. The van der Waals surface area contributed by atoms with Gasteiger partial charge < -0.3 is 14.6 Å². The van der Waals surface area contributed by atoms with Crippen LogP contribution in [0.15, 0.2) is 76.8 Å². The molecule has 2 aromatic carbocycles. The molecular formula is C25H23ClN2O3. The number of piperidine rings is 1. The molecule has 5 nitrogen and oxygen atoms in total. The first kappa shape index (κ1) is 20.9. The SMILES string of the molecule is O=C(N/C(=C/c1ccc(-c2ccc(Cl)cc2)o1)C(=O)N1CCCCC1)c1ccccc1. The molecule has 0 spiro atoms. The topological polar surface area (TPSA) is 62.6 Å². The van der Waals surface area contributed by atoms with Crippen molar-refractivity contribution in [1.82, 2.24) is 10.2 Å². The molecule has 31 heavy (non-hydrogen) atoms. The van der Waals surface area contributed by atoms with Crippen LogP contribution in [-0.4, -0.2) is 29.8 Å². The minimum Gasteiger partial charge on any atom is -0.457 e. The molecule has 0 saturated carbocycles. The molecule has 0 radical (unpaired) electrons. The zero-order chi connectivity index (χ0) is 21.6. The fraction of sp³-hybridized carbons (Fsp3) is 0.200. The highest BCUT2D eigenvalue weighted by atomic mass is 35.5. The lowest BCUT2D eigenvalue weighted by molar-refractivity contribution is -0.128. The van der Waals surface area contributed by atoms with Crippen LogP contribution in [-0.2, 0) is 4.79 Å². The van der Waals surface area contributed by atoms with Gasteiger partial charge in [0, 0.05) is 35.3 Å². The lowest BCUT2D eigenvalue weighted by atomic mass is 10.1. The highest BCUT2D eigenvalue weighted by Crippen LogP contribution is 2.25. The molecule has 1 aliphatic heterocycles. The van der Waals surface area contributed by atoms with Gasteiger partial charge in [-0.3, -0.25) is 9.59 Å². The second-order valence-corrected chi connectivity index (χ2v) is 7.88. The molecule has 6 heteroatoms. The number of nitrogens with zero attached hydrogens (tertiary/aromatic N) is 1. The smallest absolute Gasteiger partial charge is 0.270 e. The standard InChI is InChI=1S/C25H23ClN2O3/c26-20-11-9-18(10-12-20)23-14-13-21(31-23)17-22(25(30)28-15-5-2-6-16-28)27-24(29)19-7-3-1-4-8-19/h1,3-4,7-14,17H,2,5-6,15-16H2,(H,27,29)/b22-17+. The van der Waals surface area contributed by atoms with Crippen LogP contribution in [0.25, 0.3) is 17.4 Å². The quantitative estimate of drug-likeness (QED) is 0.548. The second kappa shape index (κ2) is 9.67. The predicted octanol–water partition coefficient (Wildman–Crippen LogP) is 5.38. The van der Waals surface area contributed by atoms with Crippen molar-refractivity contribution < 1.29 is 14.0 Å². The van der Waals surface area contributed by atoms with Gasteiger partial charge in [0.05, 0.1) is 0 Å². The first-order valence-electron chi connectivity index (χ1n) is 10.3. The molecule has 0 atom stereocenters. The maximum atomic E-state index is 13.2. The zero-order valence-electron chi connectivity index (χ0n) is 17.0. The van der Waals surface area contributed by atoms with E-state index in [1.54, 1.807) is 53.4 Å². The van der Waals surface area contributed by atoms with E-state index in [9.17, 15) is 9.59 Å². The average Bonchev–Trinajstić information content (AvgIpc) is 3.28. The number of rotatable bonds is 5. The van der Waals surface area contributed by atoms with Crippen molar-refractivity contribution in [2.45, 2.75) is 19.3 Å². The van der Waals surface area contributed by atoms with Gasteiger partial charge in [-0.2, -0.15) is 0 Å². The van der Waals surface area contributed by atoms with Crippen LogP contribution in [0.3, 0.4) is 0 Å². The number of furan rings is 1. The molecule has 158 valence electrons. The molecule has 0 bridgehead atoms. The van der Waals surface area contributed by atoms with Crippen molar-refractivity contribution in [3.63, 3.8) is 0 Å². The van der Waals surface area contributed by atoms with E-state index >= 15 is 0 Å². The molecule has 4 rings (SSSR count). The molecule has 2 amide bonds. The number of carbonyl (C=O) groups is 2. The Kier molecular flexibility index (Phi) is 6.53. The second-order valence-electron chi connectivity index (χ2n) is 7.44. The summed E-state index contributed by atoms with van der Waals surface area (Å²) in [5.74, 6) is 0.607. The molecule has 1 aromatic heterocycles. The van der Waals surface area contributed by atoms with E-state index in [0.717, 1.165) is 24.8 Å². The summed E-state index contributed by atoms with van der Waals surface area (Å²) in [4.78, 5) is 27.7. The highest BCUT2D eigenvalue weighted by Gasteiger charge is 2.23. The van der Waals surface area contributed by atoms with Crippen molar-refractivity contribution in [2.75, 3.05) is 13.1 Å². The molecular weight excluding hydrogens is 412 g/mol. The Morgan fingerprint density at radius 3 is 2.32 bits per heavy atom. The Hall–Kier alpha value is -3.31. The Morgan fingerprint density at radius 2 is 1.61 bits per heavy atom. The van der Waals surface area contributed by atoms with Crippen LogP contribution in [0, 0.1) is 0 Å². The van der Waals surface area contributed by atoms with Crippen LogP contribution in [0.2, 0.25) is 5.02 Å². The zero-order valence-corrected chi connectivity index (χ0v) is 17.8. The molecule has 0 aliphatic carbocycles. The maximum Gasteiger partial charge on any atom is 0.270 e. The number of likely N-dealkylation sites (tertiary alicyclic amines) is 1. The third-order valence-corrected chi connectivity index (χ3v) is 5.45. The Balaban J connectivity index is 1.61. The Morgan fingerprint density at radius 1 is 0.903 bits per heavy atom. The maximum absolute atomic E-state index is 13.2. The molecule has 1 aliphatic rings. The summed E-state index contributed by atoms with van der Waals surface area (Å²) in [5.41, 5.74) is 1.56. The molecule has 0 unspecified atom stereocenters. The van der Waals surface area contributed by atoms with Gasteiger partial charge in [0.15, 0.2) is 0 Å². The van der Waals surface area contributed by atoms with Gasteiger partial charge in [-0.25, -0.2) is 0 Å². The van der Waals surface area contributed by atoms with E-state index in [1.807, 2.05) is 24.3 Å². The lowest BCUT2D eigenvalue weighted by Crippen LogP contribution is -2.41. The van der Waals surface area contributed by atoms with Crippen LogP contribution < -0.4 is 5.32 Å². The van der Waals surface area contributed by atoms with E-state index in [-0.39, 0.29) is 17.5 Å². The van der Waals surface area contributed by atoms with Crippen molar-refractivity contribution in [3.05, 3.63) is 88.8 Å². The molecule has 1 saturated heterocycles. The molecule has 3 aromatic rings. The highest BCUT2D eigenvalue weighted by molar-refractivity contribution is 6.30. The van der Waals surface area contributed by atoms with Crippen LogP contribution in [0.5, 0.6) is 0 Å². The third kappa shape index (κ3) is 5.25. The number of amides is 2. The van der Waals surface area contributed by atoms with Gasteiger partial charge in [0.2, 0.25) is 0 Å². The number of hydrogen-bond acceptors (Lipinski definition) is 3. The van der Waals surface area contributed by atoms with Gasteiger partial charge in [-0.15, -0.1) is 0 Å². The van der Waals surface area contributed by atoms with E-state index in [2.05, 4.69) is 5.32 Å². The van der Waals surface area contributed by atoms with Crippen molar-refractivity contribution in [2.24, 2.45) is 0 Å². The lowest BCUT2D eigenvalue weighted by Gasteiger charge is -2.27. The van der Waals surface area contributed by atoms with Crippen LogP contribution >= 0.6 is 11.6 Å². The number of benzene rings is 2. The molecule has 1 fully saturated rings. The average molecular weight is 435 g/mol. The minimum atomic E-state index is -0.332. The summed E-state index contributed by atoms with van der Waals surface area (Å²) in [6.45, 7) is 1.37. The summed E-state index contributed by atoms with van der Waals surface area (Å²) in [6, 6.07) is 19.8. The van der Waals surface area contributed by atoms with E-state index in [0.29, 0.717) is 35.2 Å². The summed E-state index contributed by atoms with van der Waals surface area (Å²) in [6.07, 6.45) is 4.64. The van der Waals surface area contributed by atoms with Crippen LogP contribution in [0.1, 0.15) is 35.4 Å². The van der Waals surface area contributed by atoms with Crippen molar-refractivity contribution in [1.29, 1.82) is 0 Å². The number of carbonyl (C=O) groups excluding carboxylic acids is 2. The Labute approximate surface area is 186 Å². The summed E-state index contributed by atoms with van der Waals surface area (Å²) < 4.78 is 5.92. The van der Waals surface area contributed by atoms with E-state index < -0.39 is 0 Å². The first-order valence-corrected chi connectivity index (χ1v) is 10.7. The first-order chi connectivity index (χ1) is 15.1. The van der Waals surface area contributed by atoms with Gasteiger partial charge >= 0.3 is 0 Å². The normalized spacial score (nSPS) is 14.4. The molecule has 1 N–H and O–H groups in total. The summed E-state index contributed by atoms with van der Waals surface area (Å²) in [5, 5.41) is 3.44. The van der Waals surface area contributed by atoms with E-state index in [4.69, 9.17) is 16.0 Å². The Bertz CT molecular complexity index is 1080. The predicted molar refractivity (Wildman–Crippen MR) is 121 cm³/mol. The van der Waals surface area contributed by atoms with E-state index in [1.165, 1.54) is 0 Å². The van der Waals surface area contributed by atoms with Crippen molar-refractivity contribution >= 4 is 29.5 Å². The minimum absolute atomic E-state index is 0.201. The van der Waals surface area contributed by atoms with Crippen molar-refractivity contribution in [3.8, 4) is 11.3 Å². The van der Waals surface area contributed by atoms with Gasteiger partial charge in [0.1, 0.15) is 17.2 Å². The fourth-order valence-corrected chi connectivity index (χ4v) is 3.67. The van der Waals surface area contributed by atoms with Crippen LogP contribution in [0.4, 0.5) is 0 Å². The summed E-state index contributed by atoms with van der Waals surface area (Å²) in [7, 11) is 0. The third-order valence-electron chi connectivity index (χ3n) is 5.20. The molecule has 2 heterocycles. The monoisotopic (exact) mass is 434 g/mol. The summed E-state index contributed by atoms with van der Waals surface area (Å²) >= 11 is 5.96. The van der Waals surface area contributed by atoms with Gasteiger partial charge in [-0.05, 0) is 67.8 Å². The fourth-order valence-electron chi connectivity index (χ4n) is 3.54.